The molecule has 0 bridgehead atoms. The highest BCUT2D eigenvalue weighted by molar-refractivity contribution is 5.69. The number of fused-ring (bicyclic) bond motifs is 1. The molecule has 0 saturated heterocycles. The third-order valence-corrected chi connectivity index (χ3v) is 2.69. The summed E-state index contributed by atoms with van der Waals surface area (Å²) in [5, 5.41) is 11.8. The Morgan fingerprint density at radius 2 is 2.40 bits per heavy atom. The summed E-state index contributed by atoms with van der Waals surface area (Å²) < 4.78 is 13.5. The first-order chi connectivity index (χ1) is 7.18. The van der Waals surface area contributed by atoms with Gasteiger partial charge in [-0.25, -0.2) is 4.39 Å². The molecule has 0 spiro atoms. The molecule has 0 aliphatic carbocycles. The summed E-state index contributed by atoms with van der Waals surface area (Å²) in [4.78, 5) is 10.6. The molecular formula is C11H12FNO2. The van der Waals surface area contributed by atoms with Crippen molar-refractivity contribution in [3.8, 4) is 0 Å². The second kappa shape index (κ2) is 3.88. The molecular weight excluding hydrogens is 197 g/mol. The lowest BCUT2D eigenvalue weighted by molar-refractivity contribution is -0.137. The predicted octanol–water partition coefficient (Wildman–Crippen LogP) is 2.20. The number of aliphatic carboxylic acids is 1. The lowest BCUT2D eigenvalue weighted by Gasteiger charge is -2.25. The van der Waals surface area contributed by atoms with Crippen molar-refractivity contribution in [2.24, 2.45) is 0 Å². The molecule has 3 nitrogen and oxygen atoms in total. The second-order valence-corrected chi connectivity index (χ2v) is 3.71. The molecule has 2 rings (SSSR count). The maximum atomic E-state index is 13.5. The van der Waals surface area contributed by atoms with Crippen LogP contribution in [-0.4, -0.2) is 17.6 Å². The van der Waals surface area contributed by atoms with Crippen LogP contribution in [0.25, 0.3) is 0 Å². The number of halogens is 1. The number of nitrogens with one attached hydrogen (secondary N) is 1. The molecule has 2 N–H and O–H groups in total. The fourth-order valence-electron chi connectivity index (χ4n) is 2.05. The molecule has 1 aliphatic heterocycles. The van der Waals surface area contributed by atoms with Gasteiger partial charge >= 0.3 is 5.97 Å². The number of carboxylic acid groups (broad SMARTS) is 1. The van der Waals surface area contributed by atoms with Crippen LogP contribution in [-0.2, 0) is 4.79 Å². The van der Waals surface area contributed by atoms with E-state index >= 15 is 0 Å². The van der Waals surface area contributed by atoms with Crippen molar-refractivity contribution in [1.82, 2.24) is 0 Å². The zero-order chi connectivity index (χ0) is 10.8. The van der Waals surface area contributed by atoms with Crippen molar-refractivity contribution in [2.75, 3.05) is 11.9 Å². The summed E-state index contributed by atoms with van der Waals surface area (Å²) in [6.07, 6.45) is 0.663. The second-order valence-electron chi connectivity index (χ2n) is 3.71. The molecule has 1 unspecified atom stereocenters. The molecule has 0 fully saturated rings. The Balaban J connectivity index is 2.36. The number of rotatable bonds is 2. The van der Waals surface area contributed by atoms with Crippen molar-refractivity contribution in [3.05, 3.63) is 29.6 Å². The van der Waals surface area contributed by atoms with Crippen LogP contribution in [0.1, 0.15) is 24.3 Å². The van der Waals surface area contributed by atoms with E-state index in [1.54, 1.807) is 12.1 Å². The highest BCUT2D eigenvalue weighted by Crippen LogP contribution is 2.35. The maximum absolute atomic E-state index is 13.5. The normalized spacial score (nSPS) is 19.1. The summed E-state index contributed by atoms with van der Waals surface area (Å²) in [5.74, 6) is -1.40. The molecule has 1 aliphatic rings. The van der Waals surface area contributed by atoms with Crippen LogP contribution >= 0.6 is 0 Å². The Morgan fingerprint density at radius 1 is 1.60 bits per heavy atom. The van der Waals surface area contributed by atoms with Crippen molar-refractivity contribution in [1.29, 1.82) is 0 Å². The van der Waals surface area contributed by atoms with E-state index < -0.39 is 5.97 Å². The minimum absolute atomic E-state index is 0.00435. The van der Waals surface area contributed by atoms with Crippen LogP contribution < -0.4 is 5.32 Å². The molecule has 0 amide bonds. The summed E-state index contributed by atoms with van der Waals surface area (Å²) in [6, 6.07) is 4.79. The minimum Gasteiger partial charge on any atom is -0.481 e. The van der Waals surface area contributed by atoms with Gasteiger partial charge in [0.15, 0.2) is 0 Å². The molecule has 0 aromatic heterocycles. The first-order valence-corrected chi connectivity index (χ1v) is 4.92. The van der Waals surface area contributed by atoms with Crippen molar-refractivity contribution in [3.63, 3.8) is 0 Å². The quantitative estimate of drug-likeness (QED) is 0.785. The highest BCUT2D eigenvalue weighted by atomic mass is 19.1. The number of benzene rings is 1. The molecule has 80 valence electrons. The van der Waals surface area contributed by atoms with Crippen molar-refractivity contribution in [2.45, 2.75) is 18.8 Å². The average Bonchev–Trinajstić information content (AvgIpc) is 2.17. The SMILES string of the molecule is O=C(O)CC1CCNc2cccc(F)c21. The standard InChI is InChI=1S/C11H12FNO2/c12-8-2-1-3-9-11(8)7(4-5-13-9)6-10(14)15/h1-3,7,13H,4-6H2,(H,14,15). The van der Waals surface area contributed by atoms with Gasteiger partial charge in [0.2, 0.25) is 0 Å². The van der Waals surface area contributed by atoms with E-state index in [0.29, 0.717) is 18.5 Å². The van der Waals surface area contributed by atoms with Gasteiger partial charge in [-0.05, 0) is 18.6 Å². The summed E-state index contributed by atoms with van der Waals surface area (Å²) >= 11 is 0. The zero-order valence-corrected chi connectivity index (χ0v) is 8.16. The van der Waals surface area contributed by atoms with Crippen molar-refractivity contribution < 1.29 is 14.3 Å². The summed E-state index contributed by atoms with van der Waals surface area (Å²) in [6.45, 7) is 0.703. The van der Waals surface area contributed by atoms with Crippen LogP contribution in [0, 0.1) is 5.82 Å². The van der Waals surface area contributed by atoms with E-state index in [1.165, 1.54) is 6.07 Å². The average molecular weight is 209 g/mol. The van der Waals surface area contributed by atoms with Gasteiger partial charge in [0.1, 0.15) is 5.82 Å². The molecule has 0 saturated carbocycles. The third kappa shape index (κ3) is 1.93. The van der Waals surface area contributed by atoms with Gasteiger partial charge in [-0.15, -0.1) is 0 Å². The van der Waals surface area contributed by atoms with Crippen LogP contribution in [0.15, 0.2) is 18.2 Å². The van der Waals surface area contributed by atoms with Gasteiger partial charge in [-0.1, -0.05) is 6.07 Å². The van der Waals surface area contributed by atoms with E-state index in [0.717, 1.165) is 5.69 Å². The largest absolute Gasteiger partial charge is 0.481 e. The molecule has 1 atom stereocenters. The third-order valence-electron chi connectivity index (χ3n) is 2.69. The Morgan fingerprint density at radius 3 is 3.13 bits per heavy atom. The van der Waals surface area contributed by atoms with Gasteiger partial charge in [0, 0.05) is 23.7 Å². The summed E-state index contributed by atoms with van der Waals surface area (Å²) in [5.41, 5.74) is 1.25. The van der Waals surface area contributed by atoms with E-state index in [-0.39, 0.29) is 18.2 Å². The van der Waals surface area contributed by atoms with Gasteiger partial charge < -0.3 is 10.4 Å². The van der Waals surface area contributed by atoms with Crippen LogP contribution in [0.3, 0.4) is 0 Å². The Kier molecular flexibility index (Phi) is 2.58. The summed E-state index contributed by atoms with van der Waals surface area (Å²) in [7, 11) is 0. The maximum Gasteiger partial charge on any atom is 0.303 e. The predicted molar refractivity (Wildman–Crippen MR) is 54.5 cm³/mol. The van der Waals surface area contributed by atoms with E-state index in [1.807, 2.05) is 0 Å². The first kappa shape index (κ1) is 9.96. The Labute approximate surface area is 86.9 Å². The minimum atomic E-state index is -0.879. The lowest BCUT2D eigenvalue weighted by Crippen LogP contribution is -2.20. The van der Waals surface area contributed by atoms with E-state index in [2.05, 4.69) is 5.32 Å². The van der Waals surface area contributed by atoms with Crippen molar-refractivity contribution >= 4 is 11.7 Å². The first-order valence-electron chi connectivity index (χ1n) is 4.92. The Hall–Kier alpha value is -1.58. The highest BCUT2D eigenvalue weighted by Gasteiger charge is 2.25. The monoisotopic (exact) mass is 209 g/mol. The fraction of sp³-hybridized carbons (Fsp3) is 0.364. The number of carbonyl (C=O) groups is 1. The van der Waals surface area contributed by atoms with Crippen LogP contribution in [0.2, 0.25) is 0 Å². The fourth-order valence-corrected chi connectivity index (χ4v) is 2.05. The molecule has 4 heteroatoms. The number of carboxylic acids is 1. The van der Waals surface area contributed by atoms with Crippen LogP contribution in [0.5, 0.6) is 0 Å². The number of hydrogen-bond acceptors (Lipinski definition) is 2. The molecule has 0 radical (unpaired) electrons. The smallest absolute Gasteiger partial charge is 0.303 e. The van der Waals surface area contributed by atoms with Crippen LogP contribution in [0.4, 0.5) is 10.1 Å². The van der Waals surface area contributed by atoms with Gasteiger partial charge in [0.05, 0.1) is 6.42 Å². The van der Waals surface area contributed by atoms with Gasteiger partial charge in [-0.3, -0.25) is 4.79 Å². The molecule has 15 heavy (non-hydrogen) atoms. The van der Waals surface area contributed by atoms with Gasteiger partial charge in [-0.2, -0.15) is 0 Å². The van der Waals surface area contributed by atoms with E-state index in [9.17, 15) is 9.18 Å². The Bertz CT molecular complexity index is 392. The lowest BCUT2D eigenvalue weighted by atomic mass is 9.88. The van der Waals surface area contributed by atoms with Gasteiger partial charge in [0.25, 0.3) is 0 Å². The molecule has 1 aromatic rings. The molecule has 1 aromatic carbocycles. The van der Waals surface area contributed by atoms with E-state index in [4.69, 9.17) is 5.11 Å². The topological polar surface area (TPSA) is 49.3 Å². The number of anilines is 1. The molecule has 1 heterocycles. The number of hydrogen-bond donors (Lipinski definition) is 2. The zero-order valence-electron chi connectivity index (χ0n) is 8.16.